The number of hydrogen-bond acceptors (Lipinski definition) is 3. The molecule has 44 heavy (non-hydrogen) atoms. The van der Waals surface area contributed by atoms with Crippen molar-refractivity contribution in [3.63, 3.8) is 0 Å². The monoisotopic (exact) mass is 583 g/mol. The summed E-state index contributed by atoms with van der Waals surface area (Å²) < 4.78 is 26.4. The minimum absolute atomic E-state index is 0.690. The molecule has 208 valence electrons. The highest BCUT2D eigenvalue weighted by Gasteiger charge is 2.27. The third-order valence-corrected chi connectivity index (χ3v) is 10.9. The van der Waals surface area contributed by atoms with Gasteiger partial charge in [0.15, 0.2) is 0 Å². The molecule has 0 N–H and O–H groups in total. The van der Waals surface area contributed by atoms with Crippen LogP contribution in [0.5, 0.6) is 0 Å². The molecule has 0 bridgehead atoms. The zero-order valence-corrected chi connectivity index (χ0v) is 24.4. The fourth-order valence-electron chi connectivity index (χ4n) is 6.52. The number of fused-ring (bicyclic) bond motifs is 7. The maximum absolute atomic E-state index is 15.0. The minimum atomic E-state index is -2.97. The molecule has 0 spiro atoms. The Labute approximate surface area is 254 Å². The average molecular weight is 584 g/mol. The second kappa shape index (κ2) is 9.53. The molecule has 9 rings (SSSR count). The van der Waals surface area contributed by atoms with Crippen LogP contribution in [0.4, 0.5) is 5.69 Å². The lowest BCUT2D eigenvalue weighted by atomic mass is 9.96. The largest absolute Gasteiger partial charge is 0.456 e. The van der Waals surface area contributed by atoms with Gasteiger partial charge in [-0.15, -0.1) is 0 Å². The van der Waals surface area contributed by atoms with Gasteiger partial charge in [-0.25, -0.2) is 4.21 Å². The second-order valence-corrected chi connectivity index (χ2v) is 13.4. The van der Waals surface area contributed by atoms with Crippen molar-refractivity contribution in [3.8, 4) is 11.1 Å². The summed E-state index contributed by atoms with van der Waals surface area (Å²) in [5.74, 6) is 0. The molecule has 0 fully saturated rings. The quantitative estimate of drug-likeness (QED) is 0.194. The number of nitrogens with zero attached hydrogens (tertiary/aromatic N) is 1. The first-order chi connectivity index (χ1) is 21.7. The number of hydrogen-bond donors (Lipinski definition) is 0. The fourth-order valence-corrected chi connectivity index (χ4v) is 8.70. The van der Waals surface area contributed by atoms with Crippen molar-refractivity contribution in [2.45, 2.75) is 4.90 Å². The predicted octanol–water partition coefficient (Wildman–Crippen LogP) is 11.2. The van der Waals surface area contributed by atoms with Gasteiger partial charge >= 0.3 is 0 Å². The highest BCUT2D eigenvalue weighted by Crippen LogP contribution is 2.45. The Morgan fingerprint density at radius 1 is 0.545 bits per heavy atom. The SMILES string of the molecule is O=S1(c2ccccc2)=Nc2ccccc2C=C1c1cccc2oc3ccc(-c4ccc5c(ccc6ccccc65)c4)cc3c12. The van der Waals surface area contributed by atoms with E-state index in [0.717, 1.165) is 49.9 Å². The summed E-state index contributed by atoms with van der Waals surface area (Å²) in [6, 6.07) is 49.4. The standard InChI is InChI=1S/C40H25NO2S/c42-44(31-11-2-1-3-12-31)39(25-30-10-5-7-15-36(30)41-44)34-14-8-16-38-40(34)35-24-28(20-22-37(35)43-38)27-19-21-33-29(23-27)18-17-26-9-4-6-13-32(26)33/h1-25H. The van der Waals surface area contributed by atoms with Gasteiger partial charge in [0.05, 0.1) is 15.5 Å². The lowest BCUT2D eigenvalue weighted by Gasteiger charge is -2.20. The zero-order valence-electron chi connectivity index (χ0n) is 23.6. The molecule has 0 amide bonds. The van der Waals surface area contributed by atoms with E-state index in [9.17, 15) is 0 Å². The van der Waals surface area contributed by atoms with Crippen LogP contribution in [0.25, 0.3) is 65.6 Å². The van der Waals surface area contributed by atoms with Gasteiger partial charge in [-0.2, -0.15) is 4.36 Å². The first-order valence-corrected chi connectivity index (χ1v) is 16.2. The summed E-state index contributed by atoms with van der Waals surface area (Å²) in [6.07, 6.45) is 2.04. The summed E-state index contributed by atoms with van der Waals surface area (Å²) in [5.41, 5.74) is 6.34. The topological polar surface area (TPSA) is 42.6 Å². The Hall–Kier alpha value is -5.45. The van der Waals surface area contributed by atoms with E-state index >= 15 is 4.21 Å². The maximum Gasteiger partial charge on any atom is 0.136 e. The Morgan fingerprint density at radius 3 is 2.23 bits per heavy atom. The molecule has 0 saturated carbocycles. The number of furan rings is 1. The van der Waals surface area contributed by atoms with Gasteiger partial charge in [0.25, 0.3) is 0 Å². The van der Waals surface area contributed by atoms with E-state index in [0.29, 0.717) is 9.80 Å². The molecule has 0 aliphatic carbocycles. The summed E-state index contributed by atoms with van der Waals surface area (Å²) >= 11 is 0. The summed E-state index contributed by atoms with van der Waals surface area (Å²) in [6.45, 7) is 0. The Bertz CT molecular complexity index is 2600. The second-order valence-electron chi connectivity index (χ2n) is 11.2. The van der Waals surface area contributed by atoms with Crippen molar-refractivity contribution in [2.24, 2.45) is 4.36 Å². The molecular weight excluding hydrogens is 559 g/mol. The van der Waals surface area contributed by atoms with E-state index in [2.05, 4.69) is 66.7 Å². The van der Waals surface area contributed by atoms with E-state index in [1.165, 1.54) is 21.5 Å². The molecule has 7 aromatic carbocycles. The van der Waals surface area contributed by atoms with Crippen LogP contribution in [0.15, 0.2) is 159 Å². The highest BCUT2D eigenvalue weighted by atomic mass is 32.2. The van der Waals surface area contributed by atoms with Crippen LogP contribution in [0.2, 0.25) is 0 Å². The molecule has 4 heteroatoms. The zero-order chi connectivity index (χ0) is 29.3. The molecule has 1 aliphatic rings. The molecule has 0 radical (unpaired) electrons. The van der Waals surface area contributed by atoms with E-state index in [-0.39, 0.29) is 0 Å². The minimum Gasteiger partial charge on any atom is -0.456 e. The van der Waals surface area contributed by atoms with Gasteiger partial charge in [-0.05, 0) is 81.2 Å². The molecular formula is C40H25NO2S. The molecule has 0 saturated heterocycles. The summed E-state index contributed by atoms with van der Waals surface area (Å²) in [5, 5.41) is 6.88. The predicted molar refractivity (Wildman–Crippen MR) is 183 cm³/mol. The molecule has 2 heterocycles. The smallest absolute Gasteiger partial charge is 0.136 e. The van der Waals surface area contributed by atoms with Gasteiger partial charge in [0, 0.05) is 21.9 Å². The van der Waals surface area contributed by atoms with Crippen LogP contribution in [0, 0.1) is 0 Å². The van der Waals surface area contributed by atoms with Gasteiger partial charge in [0.2, 0.25) is 0 Å². The van der Waals surface area contributed by atoms with Crippen LogP contribution in [0.3, 0.4) is 0 Å². The average Bonchev–Trinajstić information content (AvgIpc) is 3.46. The van der Waals surface area contributed by atoms with Gasteiger partial charge < -0.3 is 4.42 Å². The van der Waals surface area contributed by atoms with Gasteiger partial charge in [-0.3, -0.25) is 0 Å². The van der Waals surface area contributed by atoms with Crippen LogP contribution in [0.1, 0.15) is 11.1 Å². The molecule has 8 aromatic rings. The fraction of sp³-hybridized carbons (Fsp3) is 0. The first-order valence-electron chi connectivity index (χ1n) is 14.7. The molecule has 1 unspecified atom stereocenters. The van der Waals surface area contributed by atoms with Crippen LogP contribution < -0.4 is 0 Å². The molecule has 3 nitrogen and oxygen atoms in total. The Morgan fingerprint density at radius 2 is 1.30 bits per heavy atom. The molecule has 1 aromatic heterocycles. The van der Waals surface area contributed by atoms with Crippen LogP contribution in [-0.4, -0.2) is 4.21 Å². The van der Waals surface area contributed by atoms with Crippen molar-refractivity contribution < 1.29 is 8.63 Å². The highest BCUT2D eigenvalue weighted by molar-refractivity contribution is 8.03. The maximum atomic E-state index is 15.0. The molecule has 1 aliphatic heterocycles. The first kappa shape index (κ1) is 25.1. The van der Waals surface area contributed by atoms with Crippen molar-refractivity contribution in [2.75, 3.05) is 0 Å². The lowest BCUT2D eigenvalue weighted by Crippen LogP contribution is -2.07. The third-order valence-electron chi connectivity index (χ3n) is 8.65. The number of rotatable bonds is 3. The van der Waals surface area contributed by atoms with Crippen molar-refractivity contribution in [1.82, 2.24) is 0 Å². The van der Waals surface area contributed by atoms with Crippen molar-refractivity contribution in [3.05, 3.63) is 157 Å². The van der Waals surface area contributed by atoms with Crippen LogP contribution in [-0.2, 0) is 9.73 Å². The van der Waals surface area contributed by atoms with E-state index in [1.807, 2.05) is 84.9 Å². The number of benzene rings is 7. The van der Waals surface area contributed by atoms with Gasteiger partial charge in [-0.1, -0.05) is 103 Å². The summed E-state index contributed by atoms with van der Waals surface area (Å²) in [7, 11) is -2.97. The van der Waals surface area contributed by atoms with Crippen LogP contribution >= 0.6 is 0 Å². The van der Waals surface area contributed by atoms with Gasteiger partial charge in [0.1, 0.15) is 20.9 Å². The van der Waals surface area contributed by atoms with Crippen molar-refractivity contribution in [1.29, 1.82) is 0 Å². The van der Waals surface area contributed by atoms with Crippen molar-refractivity contribution >= 4 is 69.9 Å². The Balaban J connectivity index is 1.27. The van der Waals surface area contributed by atoms with E-state index in [4.69, 9.17) is 8.78 Å². The summed E-state index contributed by atoms with van der Waals surface area (Å²) in [4.78, 5) is 1.38. The molecule has 1 atom stereocenters. The lowest BCUT2D eigenvalue weighted by molar-refractivity contribution is 0.669. The Kier molecular flexibility index (Phi) is 5.43. The van der Waals surface area contributed by atoms with E-state index in [1.54, 1.807) is 0 Å². The van der Waals surface area contributed by atoms with E-state index < -0.39 is 9.73 Å². The third kappa shape index (κ3) is 3.78. The normalized spacial score (nSPS) is 16.2.